The van der Waals surface area contributed by atoms with E-state index >= 15 is 0 Å². The second-order valence-corrected chi connectivity index (χ2v) is 18.0. The van der Waals surface area contributed by atoms with Gasteiger partial charge in [0, 0.05) is 36.7 Å². The summed E-state index contributed by atoms with van der Waals surface area (Å²) >= 11 is -0.316. The summed E-state index contributed by atoms with van der Waals surface area (Å²) < 4.78 is 3.44. The van der Waals surface area contributed by atoms with E-state index in [9.17, 15) is 29.6 Å². The molecule has 4 N–H and O–H groups in total. The molecule has 0 spiro atoms. The molecular formula is C33H46IN9O6PS-. The first kappa shape index (κ1) is 41.7. The average Bonchev–Trinajstić information content (AvgIpc) is 3.11. The maximum atomic E-state index is 12.8. The fourth-order valence-corrected chi connectivity index (χ4v) is 8.49. The van der Waals surface area contributed by atoms with Gasteiger partial charge in [-0.2, -0.15) is 0 Å². The molecule has 0 radical (unpaired) electrons. The van der Waals surface area contributed by atoms with Crippen LogP contribution in [0.5, 0.6) is 0 Å². The number of amides is 2. The Balaban J connectivity index is 1.50. The zero-order chi connectivity index (χ0) is 37.2. The number of carboxylic acid groups (broad SMARTS) is 1. The molecule has 0 aliphatic rings. The zero-order valence-electron chi connectivity index (χ0n) is 29.0. The number of benzene rings is 2. The number of anilines is 1. The van der Waals surface area contributed by atoms with Crippen LogP contribution in [-0.4, -0.2) is 89.4 Å². The van der Waals surface area contributed by atoms with Crippen LogP contribution in [0.4, 0.5) is 11.4 Å². The Morgan fingerprint density at radius 2 is 1.69 bits per heavy atom. The smallest absolute Gasteiger partial charge is 0.258 e. The number of nitrogens with zero attached hydrogens (tertiary/aromatic N) is 6. The summed E-state index contributed by atoms with van der Waals surface area (Å²) in [5.74, 6) is -1.59. The molecule has 1 heterocycles. The van der Waals surface area contributed by atoms with Crippen LogP contribution < -0.4 is 41.2 Å². The van der Waals surface area contributed by atoms with Gasteiger partial charge in [-0.3, -0.25) is 19.7 Å². The summed E-state index contributed by atoms with van der Waals surface area (Å²) in [5.41, 5.74) is 2.51. The van der Waals surface area contributed by atoms with Crippen molar-refractivity contribution >= 4 is 54.6 Å². The summed E-state index contributed by atoms with van der Waals surface area (Å²) in [6.07, 6.45) is 2.47. The molecular weight excluding hydrogens is 808 g/mol. The quantitative estimate of drug-likeness (QED) is 0.0159. The predicted molar refractivity (Wildman–Crippen MR) is 199 cm³/mol. The third-order valence-electron chi connectivity index (χ3n) is 7.45. The minimum Gasteiger partial charge on any atom is -0.258 e. The number of carbonyl (C=O) groups excluding carboxylic acids is 2. The molecule has 3 atom stereocenters. The number of nitrogens with one attached hydrogen (secondary N) is 3. The SMILES string of the molecule is C/C=S(\CCNCCCCC(C(=O)O)C(=O)NP)N(CCCNC(=O)Cc1ccc(-c2nnc([I-]C(C)C)nn2)cc1)c1ccc([N+](=O)[O-])cc1. The number of halogens is 1. The fraction of sp³-hybridized carbons (Fsp3) is 0.455. The van der Waals surface area contributed by atoms with E-state index in [0.717, 1.165) is 32.8 Å². The second-order valence-electron chi connectivity index (χ2n) is 11.6. The van der Waals surface area contributed by atoms with Crippen LogP contribution in [0.3, 0.4) is 0 Å². The van der Waals surface area contributed by atoms with Crippen molar-refractivity contribution in [2.75, 3.05) is 36.2 Å². The van der Waals surface area contributed by atoms with E-state index in [2.05, 4.69) is 59.6 Å². The minimum absolute atomic E-state index is 0.0166. The van der Waals surface area contributed by atoms with Gasteiger partial charge in [0.15, 0.2) is 0 Å². The van der Waals surface area contributed by atoms with Gasteiger partial charge in [-0.25, -0.2) is 0 Å². The van der Waals surface area contributed by atoms with Crippen LogP contribution >= 0.6 is 20.1 Å². The summed E-state index contributed by atoms with van der Waals surface area (Å²) in [4.78, 5) is 46.7. The Morgan fingerprint density at radius 1 is 1.00 bits per heavy atom. The fourth-order valence-electron chi connectivity index (χ4n) is 4.89. The number of hydrogen-bond donors (Lipinski definition) is 4. The van der Waals surface area contributed by atoms with Gasteiger partial charge in [0.05, 0.1) is 4.92 Å². The maximum absolute atomic E-state index is 12.8. The Labute approximate surface area is 313 Å². The van der Waals surface area contributed by atoms with Gasteiger partial charge in [0.25, 0.3) is 5.69 Å². The Bertz CT molecular complexity index is 1620. The van der Waals surface area contributed by atoms with Gasteiger partial charge >= 0.3 is 139 Å². The van der Waals surface area contributed by atoms with Crippen molar-refractivity contribution in [2.24, 2.45) is 5.92 Å². The van der Waals surface area contributed by atoms with E-state index in [4.69, 9.17) is 0 Å². The van der Waals surface area contributed by atoms with Crippen LogP contribution in [-0.2, 0) is 20.8 Å². The van der Waals surface area contributed by atoms with Crippen LogP contribution in [0.25, 0.3) is 11.4 Å². The number of unbranched alkanes of at least 4 members (excludes halogenated alkanes) is 1. The Morgan fingerprint density at radius 3 is 2.27 bits per heavy atom. The van der Waals surface area contributed by atoms with E-state index in [1.54, 1.807) is 12.1 Å². The topological polar surface area (TPSA) is 205 Å². The third kappa shape index (κ3) is 14.5. The van der Waals surface area contributed by atoms with Gasteiger partial charge < -0.3 is 19.8 Å². The standard InChI is InChI=1S/C33H46IN9O6PS/c1-4-51(21-19-35-17-6-5-8-28(32(46)47)31(45)41-50)42(26-13-15-27(16-14-26)43(48)49)20-7-18-36-29(44)22-24-9-11-25(12-10-24)30-37-39-33(40-38-30)34-23(2)3/h4,9-16,23,28,35H,5-8,17-22,50H2,1-3H3,(H,36,44)(H,41,45)(H,46,47)/q-1. The number of hydrogen-bond acceptors (Lipinski definition) is 11. The predicted octanol–water partition coefficient (Wildman–Crippen LogP) is 0.437. The van der Waals surface area contributed by atoms with Crippen molar-refractivity contribution in [2.45, 2.75) is 56.8 Å². The third-order valence-corrected chi connectivity index (χ3v) is 12.1. The van der Waals surface area contributed by atoms with Crippen molar-refractivity contribution < 1.29 is 45.6 Å². The summed E-state index contributed by atoms with van der Waals surface area (Å²) in [5, 5.41) is 48.2. The molecule has 0 fully saturated rings. The van der Waals surface area contributed by atoms with Gasteiger partial charge in [0.2, 0.25) is 5.91 Å². The Kier molecular flexibility index (Phi) is 18.3. The number of non-ortho nitro benzene ring substituents is 1. The molecule has 0 bridgehead atoms. The number of alkyl halides is 1. The van der Waals surface area contributed by atoms with E-state index in [1.807, 2.05) is 40.6 Å². The monoisotopic (exact) mass is 854 g/mol. The average molecular weight is 855 g/mol. The van der Waals surface area contributed by atoms with E-state index in [-0.39, 0.29) is 56.3 Å². The first-order chi connectivity index (χ1) is 24.5. The number of aromatic nitrogens is 4. The van der Waals surface area contributed by atoms with Crippen molar-refractivity contribution in [3.63, 3.8) is 0 Å². The molecule has 0 aliphatic heterocycles. The molecule has 2 amide bonds. The van der Waals surface area contributed by atoms with Gasteiger partial charge in [0.1, 0.15) is 5.92 Å². The molecule has 0 saturated carbocycles. The van der Waals surface area contributed by atoms with Crippen molar-refractivity contribution in [1.82, 2.24) is 36.1 Å². The van der Waals surface area contributed by atoms with Crippen molar-refractivity contribution in [3.05, 3.63) is 68.0 Å². The first-order valence-corrected chi connectivity index (χ1v) is 20.9. The normalized spacial score (nSPS) is 12.4. The number of nitro groups is 1. The molecule has 51 heavy (non-hydrogen) atoms. The number of aliphatic carboxylic acids is 1. The molecule has 2 aromatic carbocycles. The molecule has 3 aromatic rings. The molecule has 278 valence electrons. The number of rotatable bonds is 22. The van der Waals surface area contributed by atoms with E-state index in [1.165, 1.54) is 12.1 Å². The molecule has 1 aromatic heterocycles. The first-order valence-electron chi connectivity index (χ1n) is 16.5. The van der Waals surface area contributed by atoms with E-state index < -0.39 is 22.7 Å². The molecule has 0 saturated heterocycles. The van der Waals surface area contributed by atoms with Crippen LogP contribution in [0.2, 0.25) is 0 Å². The molecule has 3 unspecified atom stereocenters. The van der Waals surface area contributed by atoms with Gasteiger partial charge in [-0.15, -0.1) is 0 Å². The summed E-state index contributed by atoms with van der Waals surface area (Å²) in [6, 6.07) is 14.0. The summed E-state index contributed by atoms with van der Waals surface area (Å²) in [6.45, 7) is 8.70. The van der Waals surface area contributed by atoms with Gasteiger partial charge in [-0.05, 0) is 59.6 Å². The summed E-state index contributed by atoms with van der Waals surface area (Å²) in [7, 11) is 1.72. The zero-order valence-corrected chi connectivity index (χ0v) is 33.1. The largest absolute Gasteiger partial charge is 0.269 e. The molecule has 0 aliphatic carbocycles. The van der Waals surface area contributed by atoms with Crippen molar-refractivity contribution in [1.29, 1.82) is 0 Å². The second kappa shape index (κ2) is 22.3. The minimum atomic E-state index is -1.13. The Hall–Kier alpha value is -3.67. The number of nitro benzene ring substituents is 1. The van der Waals surface area contributed by atoms with Crippen LogP contribution in [0.15, 0.2) is 48.5 Å². The van der Waals surface area contributed by atoms with Crippen LogP contribution in [0.1, 0.15) is 52.0 Å². The number of carboxylic acids is 1. The molecule has 15 nitrogen and oxygen atoms in total. The van der Waals surface area contributed by atoms with Gasteiger partial charge in [-0.1, -0.05) is 17.1 Å². The molecule has 3 rings (SSSR count). The van der Waals surface area contributed by atoms with Crippen LogP contribution in [0, 0.1) is 19.9 Å². The number of carbonyl (C=O) groups is 3. The maximum Gasteiger partial charge on any atom is 0.269 e. The van der Waals surface area contributed by atoms with E-state index in [0.29, 0.717) is 48.8 Å². The molecule has 18 heteroatoms. The van der Waals surface area contributed by atoms with Crippen molar-refractivity contribution in [3.8, 4) is 11.4 Å².